The zero-order chi connectivity index (χ0) is 18.7. The average Bonchev–Trinajstić information content (AvgIpc) is 2.55. The molecule has 0 bridgehead atoms. The van der Waals surface area contributed by atoms with Crippen LogP contribution in [0, 0.1) is 0 Å². The summed E-state index contributed by atoms with van der Waals surface area (Å²) >= 11 is 0. The first-order valence-corrected chi connectivity index (χ1v) is 9.80. The molecule has 1 fully saturated rings. The van der Waals surface area contributed by atoms with Gasteiger partial charge < -0.3 is 9.64 Å². The Balaban J connectivity index is 1.88. The van der Waals surface area contributed by atoms with Gasteiger partial charge in [-0.15, -0.1) is 0 Å². The van der Waals surface area contributed by atoms with Crippen molar-refractivity contribution < 1.29 is 4.74 Å². The first kappa shape index (κ1) is 20.4. The molecule has 0 unspecified atom stereocenters. The molecule has 0 amide bonds. The fraction of sp³-hybridized carbons (Fsp3) is 0.727. The monoisotopic (exact) mass is 346 g/mol. The number of likely N-dealkylation sites (N-methyl/N-ethyl adjacent to an activating group) is 1. The van der Waals surface area contributed by atoms with E-state index in [2.05, 4.69) is 82.7 Å². The predicted molar refractivity (Wildman–Crippen MR) is 107 cm³/mol. The van der Waals surface area contributed by atoms with Crippen LogP contribution < -0.4 is 0 Å². The van der Waals surface area contributed by atoms with E-state index in [0.29, 0.717) is 5.92 Å². The van der Waals surface area contributed by atoms with Crippen molar-refractivity contribution in [3.63, 3.8) is 0 Å². The van der Waals surface area contributed by atoms with Crippen LogP contribution in [0.1, 0.15) is 65.0 Å². The van der Waals surface area contributed by atoms with Gasteiger partial charge >= 0.3 is 0 Å². The number of hydrogen-bond donors (Lipinski definition) is 0. The summed E-state index contributed by atoms with van der Waals surface area (Å²) in [6.45, 7) is 19.0. The Morgan fingerprint density at radius 3 is 2.04 bits per heavy atom. The standard InChI is InChI=1S/C22H38N2O/c1-18(2)19-8-10-20(11-9-19)22(5,6)25-17-12-21(3,4)24-15-13-23(7)14-16-24/h8-11,18H,12-17H2,1-7H3. The van der Waals surface area contributed by atoms with Gasteiger partial charge in [-0.3, -0.25) is 4.90 Å². The van der Waals surface area contributed by atoms with Crippen molar-refractivity contribution >= 4 is 0 Å². The highest BCUT2D eigenvalue weighted by atomic mass is 16.5. The minimum Gasteiger partial charge on any atom is -0.371 e. The van der Waals surface area contributed by atoms with Gasteiger partial charge in [0.1, 0.15) is 0 Å². The van der Waals surface area contributed by atoms with Crippen molar-refractivity contribution in [2.75, 3.05) is 39.8 Å². The number of piperazine rings is 1. The van der Waals surface area contributed by atoms with Gasteiger partial charge in [0.2, 0.25) is 0 Å². The lowest BCUT2D eigenvalue weighted by molar-refractivity contribution is -0.0441. The Bertz CT molecular complexity index is 525. The Kier molecular flexibility index (Phi) is 6.69. The van der Waals surface area contributed by atoms with E-state index in [-0.39, 0.29) is 11.1 Å². The third-order valence-corrected chi connectivity index (χ3v) is 5.81. The minimum atomic E-state index is -0.242. The van der Waals surface area contributed by atoms with Crippen molar-refractivity contribution in [3.05, 3.63) is 35.4 Å². The van der Waals surface area contributed by atoms with E-state index in [0.717, 1.165) is 39.2 Å². The molecular weight excluding hydrogens is 308 g/mol. The van der Waals surface area contributed by atoms with Crippen LogP contribution in [0.4, 0.5) is 0 Å². The largest absolute Gasteiger partial charge is 0.371 e. The van der Waals surface area contributed by atoms with Gasteiger partial charge in [0.25, 0.3) is 0 Å². The molecule has 0 aromatic heterocycles. The van der Waals surface area contributed by atoms with Gasteiger partial charge in [-0.05, 0) is 58.2 Å². The highest BCUT2D eigenvalue weighted by Crippen LogP contribution is 2.28. The van der Waals surface area contributed by atoms with Crippen LogP contribution >= 0.6 is 0 Å². The van der Waals surface area contributed by atoms with Gasteiger partial charge in [0.15, 0.2) is 0 Å². The molecule has 0 radical (unpaired) electrons. The molecule has 0 atom stereocenters. The lowest BCUT2D eigenvalue weighted by Crippen LogP contribution is -2.54. The molecule has 1 aromatic carbocycles. The molecule has 142 valence electrons. The van der Waals surface area contributed by atoms with Crippen LogP contribution in [0.2, 0.25) is 0 Å². The molecule has 0 aliphatic carbocycles. The molecule has 25 heavy (non-hydrogen) atoms. The Labute approximate surface area is 155 Å². The van der Waals surface area contributed by atoms with Crippen LogP contribution in [0.15, 0.2) is 24.3 Å². The molecular formula is C22H38N2O. The summed E-state index contributed by atoms with van der Waals surface area (Å²) in [6.07, 6.45) is 1.06. The van der Waals surface area contributed by atoms with E-state index in [1.54, 1.807) is 0 Å². The molecule has 3 nitrogen and oxygen atoms in total. The van der Waals surface area contributed by atoms with Gasteiger partial charge in [-0.1, -0.05) is 38.1 Å². The molecule has 0 N–H and O–H groups in total. The molecule has 1 heterocycles. The van der Waals surface area contributed by atoms with Crippen molar-refractivity contribution in [1.29, 1.82) is 0 Å². The zero-order valence-corrected chi connectivity index (χ0v) is 17.4. The van der Waals surface area contributed by atoms with Crippen LogP contribution in [0.5, 0.6) is 0 Å². The SMILES string of the molecule is CC(C)c1ccc(C(C)(C)OCCC(C)(C)N2CCN(C)CC2)cc1. The number of hydrogen-bond acceptors (Lipinski definition) is 3. The second kappa shape index (κ2) is 8.20. The fourth-order valence-electron chi connectivity index (χ4n) is 3.48. The molecule has 1 aromatic rings. The van der Waals surface area contributed by atoms with E-state index < -0.39 is 0 Å². The summed E-state index contributed by atoms with van der Waals surface area (Å²) < 4.78 is 6.33. The summed E-state index contributed by atoms with van der Waals surface area (Å²) in [5, 5.41) is 0. The Morgan fingerprint density at radius 2 is 1.52 bits per heavy atom. The van der Waals surface area contributed by atoms with Crippen LogP contribution in [0.25, 0.3) is 0 Å². The minimum absolute atomic E-state index is 0.193. The molecule has 2 rings (SSSR count). The van der Waals surface area contributed by atoms with Gasteiger partial charge in [0, 0.05) is 38.3 Å². The maximum absolute atomic E-state index is 6.33. The molecule has 1 aliphatic heterocycles. The fourth-order valence-corrected chi connectivity index (χ4v) is 3.48. The van der Waals surface area contributed by atoms with E-state index in [1.807, 2.05) is 0 Å². The zero-order valence-electron chi connectivity index (χ0n) is 17.4. The van der Waals surface area contributed by atoms with Gasteiger partial charge in [-0.25, -0.2) is 0 Å². The first-order valence-electron chi connectivity index (χ1n) is 9.80. The number of benzene rings is 1. The van der Waals surface area contributed by atoms with Crippen molar-refractivity contribution in [2.45, 2.75) is 65.0 Å². The average molecular weight is 347 g/mol. The molecule has 1 aliphatic rings. The van der Waals surface area contributed by atoms with E-state index >= 15 is 0 Å². The first-order chi connectivity index (χ1) is 11.6. The normalized spacial score (nSPS) is 18.1. The second-order valence-corrected chi connectivity index (χ2v) is 8.99. The smallest absolute Gasteiger partial charge is 0.0875 e. The van der Waals surface area contributed by atoms with Crippen molar-refractivity contribution in [1.82, 2.24) is 9.80 Å². The maximum Gasteiger partial charge on any atom is 0.0875 e. The summed E-state index contributed by atoms with van der Waals surface area (Å²) in [4.78, 5) is 5.02. The number of nitrogens with zero attached hydrogens (tertiary/aromatic N) is 2. The quantitative estimate of drug-likeness (QED) is 0.724. The third kappa shape index (κ3) is 5.54. The summed E-state index contributed by atoms with van der Waals surface area (Å²) in [7, 11) is 2.21. The third-order valence-electron chi connectivity index (χ3n) is 5.81. The number of ether oxygens (including phenoxy) is 1. The Morgan fingerprint density at radius 1 is 0.960 bits per heavy atom. The summed E-state index contributed by atoms with van der Waals surface area (Å²) in [6, 6.07) is 8.92. The van der Waals surface area contributed by atoms with E-state index in [9.17, 15) is 0 Å². The van der Waals surface area contributed by atoms with Crippen LogP contribution in [-0.2, 0) is 10.3 Å². The lowest BCUT2D eigenvalue weighted by atomic mass is 9.93. The maximum atomic E-state index is 6.33. The number of rotatable bonds is 7. The van der Waals surface area contributed by atoms with Crippen molar-refractivity contribution in [3.8, 4) is 0 Å². The second-order valence-electron chi connectivity index (χ2n) is 8.99. The lowest BCUT2D eigenvalue weighted by Gasteiger charge is -2.43. The van der Waals surface area contributed by atoms with Crippen molar-refractivity contribution in [2.24, 2.45) is 0 Å². The summed E-state index contributed by atoms with van der Waals surface area (Å²) in [5.41, 5.74) is 2.59. The van der Waals surface area contributed by atoms with Gasteiger partial charge in [0.05, 0.1) is 5.60 Å². The molecule has 3 heteroatoms. The molecule has 0 saturated carbocycles. The van der Waals surface area contributed by atoms with E-state index in [1.165, 1.54) is 11.1 Å². The van der Waals surface area contributed by atoms with Crippen LogP contribution in [-0.4, -0.2) is 55.2 Å². The topological polar surface area (TPSA) is 15.7 Å². The Hall–Kier alpha value is -0.900. The molecule has 0 spiro atoms. The van der Waals surface area contributed by atoms with E-state index in [4.69, 9.17) is 4.74 Å². The highest BCUT2D eigenvalue weighted by Gasteiger charge is 2.30. The predicted octanol–water partition coefficient (Wildman–Crippen LogP) is 4.48. The molecule has 1 saturated heterocycles. The van der Waals surface area contributed by atoms with Crippen LogP contribution in [0.3, 0.4) is 0 Å². The highest BCUT2D eigenvalue weighted by molar-refractivity contribution is 5.28. The summed E-state index contributed by atoms with van der Waals surface area (Å²) in [5.74, 6) is 0.572. The van der Waals surface area contributed by atoms with Gasteiger partial charge in [-0.2, -0.15) is 0 Å².